The molecule has 2 nitrogen and oxygen atoms in total. The highest BCUT2D eigenvalue weighted by molar-refractivity contribution is 6.30. The number of benzene rings is 2. The van der Waals surface area contributed by atoms with Crippen LogP contribution < -0.4 is 0 Å². The van der Waals surface area contributed by atoms with Gasteiger partial charge in [0.1, 0.15) is 0 Å². The molecule has 2 atom stereocenters. The van der Waals surface area contributed by atoms with Crippen molar-refractivity contribution in [3.63, 3.8) is 0 Å². The molecule has 0 bridgehead atoms. The lowest BCUT2D eigenvalue weighted by Crippen LogP contribution is -2.19. The zero-order chi connectivity index (χ0) is 13.7. The third-order valence-corrected chi connectivity index (χ3v) is 3.49. The van der Waals surface area contributed by atoms with Gasteiger partial charge in [-0.25, -0.2) is 0 Å². The van der Waals surface area contributed by atoms with E-state index in [0.717, 1.165) is 11.1 Å². The summed E-state index contributed by atoms with van der Waals surface area (Å²) in [4.78, 5) is 0. The lowest BCUT2D eigenvalue weighted by molar-refractivity contribution is 0.0669. The van der Waals surface area contributed by atoms with Crippen molar-refractivity contribution in [1.82, 2.24) is 0 Å². The molecule has 0 heterocycles. The van der Waals surface area contributed by atoms with Crippen LogP contribution in [0.3, 0.4) is 0 Å². The molecule has 0 aliphatic carbocycles. The molecule has 3 heteroatoms. The smallest absolute Gasteiger partial charge is 0.0843 e. The zero-order valence-corrected chi connectivity index (χ0v) is 11.3. The van der Waals surface area contributed by atoms with Gasteiger partial charge in [-0.2, -0.15) is 0 Å². The van der Waals surface area contributed by atoms with Crippen molar-refractivity contribution in [3.05, 3.63) is 70.7 Å². The van der Waals surface area contributed by atoms with Gasteiger partial charge < -0.3 is 10.2 Å². The number of halogens is 1. The van der Waals surface area contributed by atoms with Crippen LogP contribution in [-0.2, 0) is 6.42 Å². The molecule has 0 spiro atoms. The summed E-state index contributed by atoms with van der Waals surface area (Å²) in [6.45, 7) is -0.0569. The van der Waals surface area contributed by atoms with E-state index in [-0.39, 0.29) is 12.5 Å². The van der Waals surface area contributed by atoms with Crippen molar-refractivity contribution in [2.75, 3.05) is 6.61 Å². The summed E-state index contributed by atoms with van der Waals surface area (Å²) in [6.07, 6.45) is -0.0521. The number of rotatable bonds is 5. The average molecular weight is 277 g/mol. The van der Waals surface area contributed by atoms with E-state index in [1.807, 2.05) is 30.3 Å². The molecule has 2 unspecified atom stereocenters. The summed E-state index contributed by atoms with van der Waals surface area (Å²) in [7, 11) is 0. The van der Waals surface area contributed by atoms with Gasteiger partial charge in [0.15, 0.2) is 0 Å². The number of hydrogen-bond donors (Lipinski definition) is 2. The SMILES string of the molecule is OCC(Cc1ccccc1)C(O)c1ccc(Cl)cc1. The van der Waals surface area contributed by atoms with E-state index in [0.29, 0.717) is 11.4 Å². The molecule has 2 aromatic rings. The van der Waals surface area contributed by atoms with Gasteiger partial charge in [-0.1, -0.05) is 54.1 Å². The van der Waals surface area contributed by atoms with Crippen LogP contribution in [0.4, 0.5) is 0 Å². The van der Waals surface area contributed by atoms with Gasteiger partial charge in [0, 0.05) is 17.5 Å². The van der Waals surface area contributed by atoms with Gasteiger partial charge in [-0.3, -0.25) is 0 Å². The van der Waals surface area contributed by atoms with Crippen LogP contribution in [0.25, 0.3) is 0 Å². The second-order valence-electron chi connectivity index (χ2n) is 4.63. The number of aliphatic hydroxyl groups excluding tert-OH is 2. The largest absolute Gasteiger partial charge is 0.396 e. The maximum atomic E-state index is 10.3. The molecule has 0 aliphatic heterocycles. The monoisotopic (exact) mass is 276 g/mol. The van der Waals surface area contributed by atoms with Crippen LogP contribution in [0.1, 0.15) is 17.2 Å². The van der Waals surface area contributed by atoms with Crippen molar-refractivity contribution >= 4 is 11.6 Å². The molecule has 0 fully saturated rings. The Balaban J connectivity index is 2.11. The molecule has 0 saturated heterocycles. The predicted octanol–water partition coefficient (Wildman–Crippen LogP) is 3.22. The topological polar surface area (TPSA) is 40.5 Å². The fraction of sp³-hybridized carbons (Fsp3) is 0.250. The Morgan fingerprint density at radius 2 is 1.58 bits per heavy atom. The molecule has 0 radical (unpaired) electrons. The lowest BCUT2D eigenvalue weighted by Gasteiger charge is -2.21. The summed E-state index contributed by atoms with van der Waals surface area (Å²) < 4.78 is 0. The summed E-state index contributed by atoms with van der Waals surface area (Å²) >= 11 is 5.83. The standard InChI is InChI=1S/C16H17ClO2/c17-15-8-6-13(7-9-15)16(19)14(11-18)10-12-4-2-1-3-5-12/h1-9,14,16,18-19H,10-11H2. The molecular formula is C16H17ClO2. The first-order chi connectivity index (χ1) is 9.20. The molecule has 0 saturated carbocycles. The Labute approximate surface area is 118 Å². The number of aliphatic hydroxyl groups is 2. The summed E-state index contributed by atoms with van der Waals surface area (Å²) in [5, 5.41) is 20.5. The van der Waals surface area contributed by atoms with Crippen LogP contribution in [-0.4, -0.2) is 16.8 Å². The molecule has 100 valence electrons. The highest BCUT2D eigenvalue weighted by Crippen LogP contribution is 2.26. The van der Waals surface area contributed by atoms with Crippen LogP contribution in [0, 0.1) is 5.92 Å². The summed E-state index contributed by atoms with van der Waals surface area (Å²) in [5.41, 5.74) is 1.88. The number of hydrogen-bond acceptors (Lipinski definition) is 2. The molecule has 0 amide bonds. The maximum absolute atomic E-state index is 10.3. The normalized spacial score (nSPS) is 14.1. The minimum atomic E-state index is -0.692. The molecular weight excluding hydrogens is 260 g/mol. The van der Waals surface area contributed by atoms with E-state index in [1.54, 1.807) is 24.3 Å². The minimum Gasteiger partial charge on any atom is -0.396 e. The highest BCUT2D eigenvalue weighted by atomic mass is 35.5. The van der Waals surface area contributed by atoms with E-state index < -0.39 is 6.10 Å². The van der Waals surface area contributed by atoms with E-state index in [1.165, 1.54) is 0 Å². The van der Waals surface area contributed by atoms with Crippen LogP contribution >= 0.6 is 11.6 Å². The molecule has 0 aromatic heterocycles. The van der Waals surface area contributed by atoms with Gasteiger partial charge in [-0.05, 0) is 29.7 Å². The Bertz CT molecular complexity index is 496. The zero-order valence-electron chi connectivity index (χ0n) is 10.5. The Morgan fingerprint density at radius 1 is 0.947 bits per heavy atom. The van der Waals surface area contributed by atoms with Crippen LogP contribution in [0.5, 0.6) is 0 Å². The third kappa shape index (κ3) is 3.80. The lowest BCUT2D eigenvalue weighted by atomic mass is 9.90. The second-order valence-corrected chi connectivity index (χ2v) is 5.07. The first-order valence-corrected chi connectivity index (χ1v) is 6.67. The third-order valence-electron chi connectivity index (χ3n) is 3.23. The van der Waals surface area contributed by atoms with Gasteiger partial charge in [0.25, 0.3) is 0 Å². The van der Waals surface area contributed by atoms with Crippen molar-refractivity contribution in [3.8, 4) is 0 Å². The highest BCUT2D eigenvalue weighted by Gasteiger charge is 2.20. The van der Waals surface area contributed by atoms with Crippen LogP contribution in [0.2, 0.25) is 5.02 Å². The van der Waals surface area contributed by atoms with Crippen molar-refractivity contribution in [2.45, 2.75) is 12.5 Å². The van der Waals surface area contributed by atoms with Crippen molar-refractivity contribution in [1.29, 1.82) is 0 Å². The maximum Gasteiger partial charge on any atom is 0.0843 e. The Hall–Kier alpha value is -1.35. The second kappa shape index (κ2) is 6.71. The van der Waals surface area contributed by atoms with E-state index in [9.17, 15) is 10.2 Å². The molecule has 2 aromatic carbocycles. The Kier molecular flexibility index (Phi) is 4.97. The van der Waals surface area contributed by atoms with Gasteiger partial charge in [-0.15, -0.1) is 0 Å². The minimum absolute atomic E-state index is 0.0569. The fourth-order valence-electron chi connectivity index (χ4n) is 2.12. The first-order valence-electron chi connectivity index (χ1n) is 6.29. The van der Waals surface area contributed by atoms with Crippen LogP contribution in [0.15, 0.2) is 54.6 Å². The molecule has 2 N–H and O–H groups in total. The molecule has 2 rings (SSSR count). The molecule has 0 aliphatic rings. The predicted molar refractivity (Wildman–Crippen MR) is 77.1 cm³/mol. The van der Waals surface area contributed by atoms with Gasteiger partial charge in [0.05, 0.1) is 6.10 Å². The van der Waals surface area contributed by atoms with E-state index >= 15 is 0 Å². The fourth-order valence-corrected chi connectivity index (χ4v) is 2.25. The van der Waals surface area contributed by atoms with Gasteiger partial charge >= 0.3 is 0 Å². The average Bonchev–Trinajstić information content (AvgIpc) is 2.46. The van der Waals surface area contributed by atoms with E-state index in [2.05, 4.69) is 0 Å². The van der Waals surface area contributed by atoms with Crippen molar-refractivity contribution in [2.24, 2.45) is 5.92 Å². The first kappa shape index (κ1) is 14.1. The summed E-state index contributed by atoms with van der Waals surface area (Å²) in [6, 6.07) is 16.9. The quantitative estimate of drug-likeness (QED) is 0.880. The van der Waals surface area contributed by atoms with Gasteiger partial charge in [0.2, 0.25) is 0 Å². The molecule has 19 heavy (non-hydrogen) atoms. The van der Waals surface area contributed by atoms with Crippen molar-refractivity contribution < 1.29 is 10.2 Å². The summed E-state index contributed by atoms with van der Waals surface area (Å²) in [5.74, 6) is -0.219. The van der Waals surface area contributed by atoms with E-state index in [4.69, 9.17) is 11.6 Å². The Morgan fingerprint density at radius 3 is 2.16 bits per heavy atom.